The third-order valence-corrected chi connectivity index (χ3v) is 3.28. The lowest BCUT2D eigenvalue weighted by Gasteiger charge is -2.32. The second kappa shape index (κ2) is 5.14. The molecule has 1 saturated heterocycles. The van der Waals surface area contributed by atoms with Crippen LogP contribution < -0.4 is 16.4 Å². The molecule has 2 rings (SSSR count). The fourth-order valence-electron chi connectivity index (χ4n) is 2.25. The molecule has 5 heteroatoms. The lowest BCUT2D eigenvalue weighted by molar-refractivity contribution is -0.122. The number of carbonyl (C=O) groups is 1. The number of anilines is 1. The van der Waals surface area contributed by atoms with E-state index in [-0.39, 0.29) is 11.8 Å². The molecule has 0 spiro atoms. The van der Waals surface area contributed by atoms with Crippen molar-refractivity contribution in [3.8, 4) is 0 Å². The Morgan fingerprint density at radius 1 is 1.47 bits per heavy atom. The van der Waals surface area contributed by atoms with Crippen molar-refractivity contribution in [1.82, 2.24) is 4.98 Å². The number of pyridine rings is 1. The molecule has 2 heterocycles. The van der Waals surface area contributed by atoms with Crippen molar-refractivity contribution in [2.45, 2.75) is 19.4 Å². The van der Waals surface area contributed by atoms with Crippen LogP contribution in [0.25, 0.3) is 0 Å². The topological polar surface area (TPSA) is 85.2 Å². The van der Waals surface area contributed by atoms with E-state index in [0.717, 1.165) is 37.3 Å². The summed E-state index contributed by atoms with van der Waals surface area (Å²) < 4.78 is 0. The van der Waals surface area contributed by atoms with Gasteiger partial charge in [-0.05, 0) is 18.9 Å². The molecule has 0 aliphatic carbocycles. The standard InChI is InChI=1S/C12H18N4O/c13-8-10-2-1-5-15-12(10)16-6-3-9(4-7-16)11(14)17/h1-2,5,9H,3-4,6-8,13H2,(H2,14,17). The maximum atomic E-state index is 11.1. The molecule has 0 saturated carbocycles. The van der Waals surface area contributed by atoms with E-state index in [1.165, 1.54) is 0 Å². The van der Waals surface area contributed by atoms with Gasteiger partial charge in [-0.2, -0.15) is 0 Å². The first-order chi connectivity index (χ1) is 8.22. The molecule has 4 N–H and O–H groups in total. The molecule has 92 valence electrons. The van der Waals surface area contributed by atoms with E-state index in [2.05, 4.69) is 9.88 Å². The molecular formula is C12H18N4O. The first-order valence-corrected chi connectivity index (χ1v) is 5.90. The smallest absolute Gasteiger partial charge is 0.220 e. The zero-order valence-electron chi connectivity index (χ0n) is 9.80. The Morgan fingerprint density at radius 2 is 2.18 bits per heavy atom. The number of nitrogens with two attached hydrogens (primary N) is 2. The van der Waals surface area contributed by atoms with Gasteiger partial charge < -0.3 is 16.4 Å². The van der Waals surface area contributed by atoms with Crippen LogP contribution in [-0.4, -0.2) is 24.0 Å². The molecule has 1 aromatic rings. The van der Waals surface area contributed by atoms with Gasteiger partial charge in [-0.1, -0.05) is 6.07 Å². The van der Waals surface area contributed by atoms with Gasteiger partial charge in [0.15, 0.2) is 0 Å². The van der Waals surface area contributed by atoms with Gasteiger partial charge in [0.25, 0.3) is 0 Å². The Hall–Kier alpha value is -1.62. The third-order valence-electron chi connectivity index (χ3n) is 3.28. The molecular weight excluding hydrogens is 216 g/mol. The summed E-state index contributed by atoms with van der Waals surface area (Å²) in [7, 11) is 0. The van der Waals surface area contributed by atoms with E-state index in [4.69, 9.17) is 11.5 Å². The highest BCUT2D eigenvalue weighted by Crippen LogP contribution is 2.23. The molecule has 1 fully saturated rings. The van der Waals surface area contributed by atoms with Crippen LogP contribution in [0, 0.1) is 5.92 Å². The van der Waals surface area contributed by atoms with Crippen LogP contribution in [0.2, 0.25) is 0 Å². The zero-order chi connectivity index (χ0) is 12.3. The van der Waals surface area contributed by atoms with E-state index in [9.17, 15) is 4.79 Å². The molecule has 0 bridgehead atoms. The van der Waals surface area contributed by atoms with Crippen LogP contribution in [0.5, 0.6) is 0 Å². The molecule has 1 amide bonds. The fraction of sp³-hybridized carbons (Fsp3) is 0.500. The van der Waals surface area contributed by atoms with Crippen LogP contribution in [0.4, 0.5) is 5.82 Å². The number of aromatic nitrogens is 1. The summed E-state index contributed by atoms with van der Waals surface area (Å²) in [5, 5.41) is 0. The highest BCUT2D eigenvalue weighted by molar-refractivity contribution is 5.77. The lowest BCUT2D eigenvalue weighted by Crippen LogP contribution is -2.39. The Balaban J connectivity index is 2.07. The Labute approximate surface area is 101 Å². The van der Waals surface area contributed by atoms with Crippen molar-refractivity contribution >= 4 is 11.7 Å². The molecule has 0 radical (unpaired) electrons. The summed E-state index contributed by atoms with van der Waals surface area (Å²) in [4.78, 5) is 17.6. The van der Waals surface area contributed by atoms with Gasteiger partial charge in [-0.3, -0.25) is 4.79 Å². The lowest BCUT2D eigenvalue weighted by atomic mass is 9.96. The predicted molar refractivity (Wildman–Crippen MR) is 66.3 cm³/mol. The average molecular weight is 234 g/mol. The number of hydrogen-bond donors (Lipinski definition) is 2. The number of carbonyl (C=O) groups excluding carboxylic acids is 1. The summed E-state index contributed by atoms with van der Waals surface area (Å²) in [6.07, 6.45) is 3.38. The van der Waals surface area contributed by atoms with Crippen LogP contribution >= 0.6 is 0 Å². The molecule has 1 aliphatic heterocycles. The van der Waals surface area contributed by atoms with E-state index in [0.29, 0.717) is 6.54 Å². The average Bonchev–Trinajstić information content (AvgIpc) is 2.39. The van der Waals surface area contributed by atoms with Crippen LogP contribution in [0.1, 0.15) is 18.4 Å². The first-order valence-electron chi connectivity index (χ1n) is 5.90. The monoisotopic (exact) mass is 234 g/mol. The fourth-order valence-corrected chi connectivity index (χ4v) is 2.25. The van der Waals surface area contributed by atoms with Gasteiger partial charge in [-0.25, -0.2) is 4.98 Å². The SMILES string of the molecule is NCc1cccnc1N1CCC(C(N)=O)CC1. The molecule has 0 aromatic carbocycles. The van der Waals surface area contributed by atoms with Gasteiger partial charge in [0.05, 0.1) is 0 Å². The molecule has 1 aromatic heterocycles. The van der Waals surface area contributed by atoms with Crippen molar-refractivity contribution < 1.29 is 4.79 Å². The highest BCUT2D eigenvalue weighted by atomic mass is 16.1. The quantitative estimate of drug-likeness (QED) is 0.784. The predicted octanol–water partition coefficient (Wildman–Crippen LogP) is 0.242. The van der Waals surface area contributed by atoms with E-state index in [1.54, 1.807) is 6.20 Å². The third kappa shape index (κ3) is 2.55. The van der Waals surface area contributed by atoms with E-state index < -0.39 is 0 Å². The Morgan fingerprint density at radius 3 is 2.76 bits per heavy atom. The van der Waals surface area contributed by atoms with E-state index >= 15 is 0 Å². The van der Waals surface area contributed by atoms with Gasteiger partial charge in [0.2, 0.25) is 5.91 Å². The number of primary amides is 1. The van der Waals surface area contributed by atoms with Crippen LogP contribution in [0.15, 0.2) is 18.3 Å². The van der Waals surface area contributed by atoms with E-state index in [1.807, 2.05) is 12.1 Å². The van der Waals surface area contributed by atoms with Gasteiger partial charge in [0.1, 0.15) is 5.82 Å². The largest absolute Gasteiger partial charge is 0.369 e. The number of nitrogens with zero attached hydrogens (tertiary/aromatic N) is 2. The normalized spacial score (nSPS) is 17.1. The van der Waals surface area contributed by atoms with Gasteiger partial charge >= 0.3 is 0 Å². The van der Waals surface area contributed by atoms with Crippen molar-refractivity contribution in [2.75, 3.05) is 18.0 Å². The Bertz CT molecular complexity index is 399. The minimum absolute atomic E-state index is 0.0105. The summed E-state index contributed by atoms with van der Waals surface area (Å²) in [6, 6.07) is 3.88. The highest BCUT2D eigenvalue weighted by Gasteiger charge is 2.24. The Kier molecular flexibility index (Phi) is 3.58. The first kappa shape index (κ1) is 11.9. The molecule has 1 aliphatic rings. The van der Waals surface area contributed by atoms with Gasteiger partial charge in [0, 0.05) is 37.3 Å². The second-order valence-electron chi connectivity index (χ2n) is 4.35. The van der Waals surface area contributed by atoms with Crippen LogP contribution in [0.3, 0.4) is 0 Å². The minimum Gasteiger partial charge on any atom is -0.369 e. The van der Waals surface area contributed by atoms with Crippen molar-refractivity contribution in [1.29, 1.82) is 0 Å². The maximum Gasteiger partial charge on any atom is 0.220 e. The zero-order valence-corrected chi connectivity index (χ0v) is 9.80. The molecule has 5 nitrogen and oxygen atoms in total. The van der Waals surface area contributed by atoms with Gasteiger partial charge in [-0.15, -0.1) is 0 Å². The summed E-state index contributed by atoms with van der Waals surface area (Å²) >= 11 is 0. The van der Waals surface area contributed by atoms with Crippen molar-refractivity contribution in [3.63, 3.8) is 0 Å². The minimum atomic E-state index is -0.190. The number of amides is 1. The van der Waals surface area contributed by atoms with Crippen molar-refractivity contribution in [3.05, 3.63) is 23.9 Å². The summed E-state index contributed by atoms with van der Waals surface area (Å²) in [5.41, 5.74) is 12.1. The second-order valence-corrected chi connectivity index (χ2v) is 4.35. The van der Waals surface area contributed by atoms with Crippen LogP contribution in [-0.2, 0) is 11.3 Å². The summed E-state index contributed by atoms with van der Waals surface area (Å²) in [5.74, 6) is 0.763. The summed E-state index contributed by atoms with van der Waals surface area (Å²) in [6.45, 7) is 2.12. The number of hydrogen-bond acceptors (Lipinski definition) is 4. The molecule has 0 unspecified atom stereocenters. The molecule has 17 heavy (non-hydrogen) atoms. The number of rotatable bonds is 3. The molecule has 0 atom stereocenters. The maximum absolute atomic E-state index is 11.1. The number of piperidine rings is 1. The van der Waals surface area contributed by atoms with Crippen molar-refractivity contribution in [2.24, 2.45) is 17.4 Å².